The van der Waals surface area contributed by atoms with E-state index in [-0.39, 0.29) is 5.56 Å². The SMILES string of the molecule is CCC(NC)c1ccn(Cc2cccc(C#N)c2F)c1. The summed E-state index contributed by atoms with van der Waals surface area (Å²) in [5, 5.41) is 12.1. The van der Waals surface area contributed by atoms with Crippen molar-refractivity contribution in [2.75, 3.05) is 7.05 Å². The Morgan fingerprint density at radius 1 is 1.40 bits per heavy atom. The zero-order valence-electron chi connectivity index (χ0n) is 11.7. The van der Waals surface area contributed by atoms with Crippen LogP contribution in [0.2, 0.25) is 0 Å². The second kappa shape index (κ2) is 6.36. The number of halogens is 1. The molecule has 0 fully saturated rings. The van der Waals surface area contributed by atoms with Crippen molar-refractivity contribution in [3.63, 3.8) is 0 Å². The largest absolute Gasteiger partial charge is 0.349 e. The number of rotatable bonds is 5. The van der Waals surface area contributed by atoms with Gasteiger partial charge in [0.1, 0.15) is 11.9 Å². The molecule has 0 saturated heterocycles. The Hall–Kier alpha value is -2.12. The molecule has 0 bridgehead atoms. The molecule has 1 N–H and O–H groups in total. The minimum absolute atomic E-state index is 0.0940. The highest BCUT2D eigenvalue weighted by Gasteiger charge is 2.10. The molecule has 0 aliphatic rings. The highest BCUT2D eigenvalue weighted by atomic mass is 19.1. The molecule has 2 aromatic rings. The first-order valence-corrected chi connectivity index (χ1v) is 6.70. The van der Waals surface area contributed by atoms with E-state index in [0.29, 0.717) is 18.2 Å². The van der Waals surface area contributed by atoms with Crippen LogP contribution < -0.4 is 5.32 Å². The van der Waals surface area contributed by atoms with Gasteiger partial charge in [-0.3, -0.25) is 0 Å². The van der Waals surface area contributed by atoms with Gasteiger partial charge >= 0.3 is 0 Å². The second-order valence-corrected chi connectivity index (χ2v) is 4.76. The average molecular weight is 271 g/mol. The first-order valence-electron chi connectivity index (χ1n) is 6.70. The summed E-state index contributed by atoms with van der Waals surface area (Å²) in [5.41, 5.74) is 1.81. The molecule has 1 heterocycles. The summed E-state index contributed by atoms with van der Waals surface area (Å²) in [7, 11) is 1.93. The van der Waals surface area contributed by atoms with E-state index < -0.39 is 5.82 Å². The summed E-state index contributed by atoms with van der Waals surface area (Å²) in [4.78, 5) is 0. The van der Waals surface area contributed by atoms with Crippen LogP contribution in [0.1, 0.15) is 36.1 Å². The van der Waals surface area contributed by atoms with Crippen LogP contribution in [0.25, 0.3) is 0 Å². The zero-order valence-corrected chi connectivity index (χ0v) is 11.7. The van der Waals surface area contributed by atoms with Gasteiger partial charge in [0.2, 0.25) is 0 Å². The molecule has 1 aromatic carbocycles. The van der Waals surface area contributed by atoms with Gasteiger partial charge < -0.3 is 9.88 Å². The van der Waals surface area contributed by atoms with Crippen LogP contribution in [0, 0.1) is 17.1 Å². The maximum absolute atomic E-state index is 14.0. The molecule has 104 valence electrons. The number of nitriles is 1. The van der Waals surface area contributed by atoms with Crippen molar-refractivity contribution in [1.82, 2.24) is 9.88 Å². The monoisotopic (exact) mass is 271 g/mol. The lowest BCUT2D eigenvalue weighted by molar-refractivity contribution is 0.573. The van der Waals surface area contributed by atoms with Gasteiger partial charge in [-0.2, -0.15) is 5.26 Å². The van der Waals surface area contributed by atoms with Crippen LogP contribution in [0.15, 0.2) is 36.7 Å². The van der Waals surface area contributed by atoms with E-state index in [9.17, 15) is 4.39 Å². The normalized spacial score (nSPS) is 12.1. The molecule has 1 aromatic heterocycles. The molecule has 0 aliphatic heterocycles. The lowest BCUT2D eigenvalue weighted by Gasteiger charge is -2.11. The van der Waals surface area contributed by atoms with Crippen molar-refractivity contribution in [2.45, 2.75) is 25.9 Å². The van der Waals surface area contributed by atoms with E-state index in [2.05, 4.69) is 12.2 Å². The van der Waals surface area contributed by atoms with E-state index in [1.807, 2.05) is 36.1 Å². The molecular weight excluding hydrogens is 253 g/mol. The van der Waals surface area contributed by atoms with Gasteiger partial charge in [0.05, 0.1) is 5.56 Å². The van der Waals surface area contributed by atoms with Gasteiger partial charge in [-0.05, 0) is 31.2 Å². The van der Waals surface area contributed by atoms with Crippen LogP contribution in [-0.4, -0.2) is 11.6 Å². The molecule has 3 nitrogen and oxygen atoms in total. The number of hydrogen-bond acceptors (Lipinski definition) is 2. The van der Waals surface area contributed by atoms with Crippen molar-refractivity contribution in [3.8, 4) is 6.07 Å². The topological polar surface area (TPSA) is 40.8 Å². The third kappa shape index (κ3) is 2.89. The van der Waals surface area contributed by atoms with Gasteiger partial charge in [0, 0.05) is 30.5 Å². The Morgan fingerprint density at radius 2 is 2.20 bits per heavy atom. The van der Waals surface area contributed by atoms with E-state index in [1.54, 1.807) is 12.1 Å². The van der Waals surface area contributed by atoms with Crippen molar-refractivity contribution in [2.24, 2.45) is 0 Å². The summed E-state index contributed by atoms with van der Waals surface area (Å²) in [5.74, 6) is -0.425. The maximum Gasteiger partial charge on any atom is 0.145 e. The van der Waals surface area contributed by atoms with E-state index in [1.165, 1.54) is 11.6 Å². The van der Waals surface area contributed by atoms with Gasteiger partial charge in [-0.25, -0.2) is 4.39 Å². The third-order valence-corrected chi connectivity index (χ3v) is 3.48. The Balaban J connectivity index is 2.21. The molecule has 0 radical (unpaired) electrons. The summed E-state index contributed by atoms with van der Waals surface area (Å²) >= 11 is 0. The van der Waals surface area contributed by atoms with Crippen LogP contribution in [-0.2, 0) is 6.54 Å². The van der Waals surface area contributed by atoms with Crippen LogP contribution >= 0.6 is 0 Å². The quantitative estimate of drug-likeness (QED) is 0.907. The summed E-state index contributed by atoms with van der Waals surface area (Å²) in [6.07, 6.45) is 4.95. The Kier molecular flexibility index (Phi) is 4.54. The molecule has 0 aliphatic carbocycles. The fourth-order valence-corrected chi connectivity index (χ4v) is 2.36. The van der Waals surface area contributed by atoms with Crippen molar-refractivity contribution in [1.29, 1.82) is 5.26 Å². The summed E-state index contributed by atoms with van der Waals surface area (Å²) in [6, 6.07) is 9.14. The molecule has 0 saturated carbocycles. The number of aromatic nitrogens is 1. The smallest absolute Gasteiger partial charge is 0.145 e. The van der Waals surface area contributed by atoms with Crippen LogP contribution in [0.4, 0.5) is 4.39 Å². The van der Waals surface area contributed by atoms with E-state index >= 15 is 0 Å². The Labute approximate surface area is 118 Å². The standard InChI is InChI=1S/C16H18FN3/c1-3-15(19-2)13-7-8-20(10-13)11-14-6-4-5-12(9-18)16(14)17/h4-8,10,15,19H,3,11H2,1-2H3. The molecule has 1 atom stereocenters. The minimum Gasteiger partial charge on any atom is -0.349 e. The van der Waals surface area contributed by atoms with Gasteiger partial charge in [0.15, 0.2) is 0 Å². The first kappa shape index (κ1) is 14.3. The van der Waals surface area contributed by atoms with E-state index in [4.69, 9.17) is 5.26 Å². The zero-order chi connectivity index (χ0) is 14.5. The number of benzene rings is 1. The predicted octanol–water partition coefficient (Wildman–Crippen LogP) is 3.22. The van der Waals surface area contributed by atoms with Crippen LogP contribution in [0.5, 0.6) is 0 Å². The van der Waals surface area contributed by atoms with E-state index in [0.717, 1.165) is 6.42 Å². The minimum atomic E-state index is -0.425. The average Bonchev–Trinajstić information content (AvgIpc) is 2.91. The lowest BCUT2D eigenvalue weighted by atomic mass is 10.1. The molecular formula is C16H18FN3. The number of hydrogen-bond donors (Lipinski definition) is 1. The molecule has 0 spiro atoms. The molecule has 0 amide bonds. The van der Waals surface area contributed by atoms with Gasteiger partial charge in [0.25, 0.3) is 0 Å². The fourth-order valence-electron chi connectivity index (χ4n) is 2.36. The van der Waals surface area contributed by atoms with Gasteiger partial charge in [-0.1, -0.05) is 19.1 Å². The fraction of sp³-hybridized carbons (Fsp3) is 0.312. The van der Waals surface area contributed by atoms with Crippen molar-refractivity contribution < 1.29 is 4.39 Å². The lowest BCUT2D eigenvalue weighted by Crippen LogP contribution is -2.14. The molecule has 2 rings (SSSR count). The number of nitrogens with one attached hydrogen (secondary N) is 1. The molecule has 1 unspecified atom stereocenters. The molecule has 20 heavy (non-hydrogen) atoms. The Morgan fingerprint density at radius 3 is 2.85 bits per heavy atom. The highest BCUT2D eigenvalue weighted by molar-refractivity contribution is 5.35. The molecule has 4 heteroatoms. The third-order valence-electron chi connectivity index (χ3n) is 3.48. The first-order chi connectivity index (χ1) is 9.69. The van der Waals surface area contributed by atoms with Crippen LogP contribution in [0.3, 0.4) is 0 Å². The summed E-state index contributed by atoms with van der Waals surface area (Å²) in [6.45, 7) is 2.55. The second-order valence-electron chi connectivity index (χ2n) is 4.76. The summed E-state index contributed by atoms with van der Waals surface area (Å²) < 4.78 is 15.9. The highest BCUT2D eigenvalue weighted by Crippen LogP contribution is 2.18. The maximum atomic E-state index is 14.0. The van der Waals surface area contributed by atoms with Crippen molar-refractivity contribution >= 4 is 0 Å². The van der Waals surface area contributed by atoms with Crippen molar-refractivity contribution in [3.05, 3.63) is 59.2 Å². The predicted molar refractivity (Wildman–Crippen MR) is 76.7 cm³/mol. The number of nitrogens with zero attached hydrogens (tertiary/aromatic N) is 2. The Bertz CT molecular complexity index is 621. The van der Waals surface area contributed by atoms with Gasteiger partial charge in [-0.15, -0.1) is 0 Å².